The van der Waals surface area contributed by atoms with Gasteiger partial charge in [-0.1, -0.05) is 36.9 Å². The summed E-state index contributed by atoms with van der Waals surface area (Å²) in [5.74, 6) is -0.430. The first-order valence-corrected chi connectivity index (χ1v) is 6.05. The summed E-state index contributed by atoms with van der Waals surface area (Å²) in [7, 11) is 0. The number of nitrogens with zero attached hydrogens (tertiary/aromatic N) is 2. The molecule has 3 nitrogen and oxygen atoms in total. The van der Waals surface area contributed by atoms with Gasteiger partial charge >= 0.3 is 0 Å². The average Bonchev–Trinajstić information content (AvgIpc) is 2.45. The number of benzene rings is 1. The van der Waals surface area contributed by atoms with E-state index in [-0.39, 0.29) is 16.4 Å². The summed E-state index contributed by atoms with van der Waals surface area (Å²) in [6, 6.07) is 5.73. The first-order valence-electron chi connectivity index (χ1n) is 5.67. The lowest BCUT2D eigenvalue weighted by molar-refractivity contribution is 0.111. The molecule has 5 heteroatoms. The number of halogens is 2. The lowest BCUT2D eigenvalue weighted by Gasteiger charge is -2.09. The molecular formula is C15H10ClFN2O. The molecule has 0 aliphatic heterocycles. The van der Waals surface area contributed by atoms with Crippen LogP contribution >= 0.6 is 11.6 Å². The van der Waals surface area contributed by atoms with Crippen LogP contribution in [0.25, 0.3) is 22.4 Å². The number of hydrogen-bond acceptors (Lipinski definition) is 3. The van der Waals surface area contributed by atoms with E-state index >= 15 is 0 Å². The van der Waals surface area contributed by atoms with E-state index in [2.05, 4.69) is 23.1 Å². The van der Waals surface area contributed by atoms with Gasteiger partial charge in [0.15, 0.2) is 6.29 Å². The molecule has 2 rings (SSSR count). The molecule has 0 unspecified atom stereocenters. The predicted octanol–water partition coefficient (Wildman–Crippen LogP) is 3.95. The molecule has 0 amide bonds. The number of rotatable bonds is 4. The molecule has 0 spiro atoms. The van der Waals surface area contributed by atoms with Gasteiger partial charge in [-0.3, -0.25) is 4.79 Å². The van der Waals surface area contributed by atoms with Crippen molar-refractivity contribution in [1.29, 1.82) is 0 Å². The van der Waals surface area contributed by atoms with E-state index in [4.69, 9.17) is 11.6 Å². The van der Waals surface area contributed by atoms with Crippen LogP contribution < -0.4 is 0 Å². The Morgan fingerprint density at radius 1 is 1.30 bits per heavy atom. The zero-order valence-corrected chi connectivity index (χ0v) is 11.2. The molecule has 0 fully saturated rings. The van der Waals surface area contributed by atoms with E-state index in [1.54, 1.807) is 6.07 Å². The lowest BCUT2D eigenvalue weighted by Crippen LogP contribution is -2.03. The fourth-order valence-electron chi connectivity index (χ4n) is 1.73. The van der Waals surface area contributed by atoms with Gasteiger partial charge < -0.3 is 0 Å². The van der Waals surface area contributed by atoms with Crippen molar-refractivity contribution in [2.24, 2.45) is 0 Å². The van der Waals surface area contributed by atoms with Crippen LogP contribution in [-0.4, -0.2) is 16.3 Å². The molecule has 0 saturated carbocycles. The first-order chi connectivity index (χ1) is 9.56. The van der Waals surface area contributed by atoms with Crippen LogP contribution in [0.1, 0.15) is 21.9 Å². The van der Waals surface area contributed by atoms with Gasteiger partial charge in [-0.2, -0.15) is 0 Å². The number of carbonyl (C=O) groups is 1. The molecule has 0 radical (unpaired) electrons. The summed E-state index contributed by atoms with van der Waals surface area (Å²) in [6.45, 7) is 7.18. The first kappa shape index (κ1) is 14.1. The van der Waals surface area contributed by atoms with E-state index in [1.165, 1.54) is 24.3 Å². The second-order valence-electron chi connectivity index (χ2n) is 3.93. The summed E-state index contributed by atoms with van der Waals surface area (Å²) in [5, 5.41) is 0.169. The van der Waals surface area contributed by atoms with Crippen molar-refractivity contribution in [3.63, 3.8) is 0 Å². The molecule has 1 heterocycles. The quantitative estimate of drug-likeness (QED) is 0.800. The maximum Gasteiger partial charge on any atom is 0.170 e. The molecule has 1 aromatic heterocycles. The Hall–Kier alpha value is -2.33. The van der Waals surface area contributed by atoms with Crippen LogP contribution in [0.5, 0.6) is 0 Å². The highest BCUT2D eigenvalue weighted by Gasteiger charge is 2.15. The summed E-state index contributed by atoms with van der Waals surface area (Å²) in [5.41, 5.74) is 1.45. The van der Waals surface area contributed by atoms with E-state index < -0.39 is 5.82 Å². The van der Waals surface area contributed by atoms with Crippen molar-refractivity contribution in [2.75, 3.05) is 0 Å². The van der Waals surface area contributed by atoms with Crippen molar-refractivity contribution in [2.45, 2.75) is 0 Å². The minimum absolute atomic E-state index is 0.0900. The standard InChI is InChI=1S/C15H10ClFN2O/c1-3-12-14(9(2)16)19-15(13(8-20)18-12)10-5-4-6-11(17)7-10/h3-8H,1-2H2. The summed E-state index contributed by atoms with van der Waals surface area (Å²) >= 11 is 5.87. The van der Waals surface area contributed by atoms with Gasteiger partial charge in [-0.15, -0.1) is 0 Å². The van der Waals surface area contributed by atoms with E-state index in [0.717, 1.165) is 0 Å². The highest BCUT2D eigenvalue weighted by molar-refractivity contribution is 6.48. The normalized spacial score (nSPS) is 10.1. The van der Waals surface area contributed by atoms with Crippen LogP contribution in [0.2, 0.25) is 0 Å². The molecule has 0 bridgehead atoms. The third kappa shape index (κ3) is 2.65. The van der Waals surface area contributed by atoms with Crippen molar-refractivity contribution < 1.29 is 9.18 Å². The van der Waals surface area contributed by atoms with Crippen molar-refractivity contribution in [3.05, 3.63) is 60.3 Å². The Morgan fingerprint density at radius 3 is 2.60 bits per heavy atom. The molecule has 0 aliphatic rings. The second-order valence-corrected chi connectivity index (χ2v) is 4.38. The summed E-state index contributed by atoms with van der Waals surface area (Å²) in [4.78, 5) is 19.5. The number of aromatic nitrogens is 2. The molecule has 100 valence electrons. The fourth-order valence-corrected chi connectivity index (χ4v) is 1.87. The van der Waals surface area contributed by atoms with Gasteiger partial charge in [0.2, 0.25) is 0 Å². The van der Waals surface area contributed by atoms with Gasteiger partial charge in [0.05, 0.1) is 10.7 Å². The molecule has 0 atom stereocenters. The van der Waals surface area contributed by atoms with E-state index in [9.17, 15) is 9.18 Å². The van der Waals surface area contributed by atoms with Crippen LogP contribution in [0.3, 0.4) is 0 Å². The zero-order chi connectivity index (χ0) is 14.7. The van der Waals surface area contributed by atoms with Crippen molar-refractivity contribution in [1.82, 2.24) is 9.97 Å². The van der Waals surface area contributed by atoms with Crippen LogP contribution in [0.4, 0.5) is 4.39 Å². The topological polar surface area (TPSA) is 42.9 Å². The van der Waals surface area contributed by atoms with Gasteiger partial charge in [0.1, 0.15) is 22.9 Å². The SMILES string of the molecule is C=Cc1nc(C=O)c(-c2cccc(F)c2)nc1C(=C)Cl. The Labute approximate surface area is 120 Å². The summed E-state index contributed by atoms with van der Waals surface area (Å²) in [6.07, 6.45) is 1.99. The number of hydrogen-bond donors (Lipinski definition) is 0. The highest BCUT2D eigenvalue weighted by Crippen LogP contribution is 2.26. The number of carbonyl (C=O) groups excluding carboxylic acids is 1. The third-order valence-corrected chi connectivity index (χ3v) is 2.79. The van der Waals surface area contributed by atoms with Crippen molar-refractivity contribution >= 4 is 29.0 Å². The largest absolute Gasteiger partial charge is 0.296 e. The van der Waals surface area contributed by atoms with Gasteiger partial charge in [-0.25, -0.2) is 14.4 Å². The van der Waals surface area contributed by atoms with Crippen molar-refractivity contribution in [3.8, 4) is 11.3 Å². The molecule has 0 saturated heterocycles. The van der Waals surface area contributed by atoms with E-state index in [1.807, 2.05) is 0 Å². The van der Waals surface area contributed by atoms with Gasteiger partial charge in [0, 0.05) is 5.56 Å². The molecule has 20 heavy (non-hydrogen) atoms. The van der Waals surface area contributed by atoms with Crippen LogP contribution in [0, 0.1) is 5.82 Å². The minimum Gasteiger partial charge on any atom is -0.296 e. The maximum absolute atomic E-state index is 13.3. The fraction of sp³-hybridized carbons (Fsp3) is 0. The Kier molecular flexibility index (Phi) is 4.05. The average molecular weight is 289 g/mol. The third-order valence-electron chi connectivity index (χ3n) is 2.61. The maximum atomic E-state index is 13.3. The van der Waals surface area contributed by atoms with E-state index in [0.29, 0.717) is 23.2 Å². The lowest BCUT2D eigenvalue weighted by atomic mass is 10.1. The van der Waals surface area contributed by atoms with Crippen LogP contribution in [0.15, 0.2) is 37.4 Å². The molecular weight excluding hydrogens is 279 g/mol. The monoisotopic (exact) mass is 288 g/mol. The summed E-state index contributed by atoms with van der Waals surface area (Å²) < 4.78 is 13.3. The smallest absolute Gasteiger partial charge is 0.170 e. The van der Waals surface area contributed by atoms with Gasteiger partial charge in [0.25, 0.3) is 0 Å². The molecule has 1 aromatic carbocycles. The second kappa shape index (κ2) is 5.75. The van der Waals surface area contributed by atoms with Gasteiger partial charge in [-0.05, 0) is 18.2 Å². The highest BCUT2D eigenvalue weighted by atomic mass is 35.5. The molecule has 0 N–H and O–H groups in total. The Morgan fingerprint density at radius 2 is 2.05 bits per heavy atom. The molecule has 0 aliphatic carbocycles. The Bertz CT molecular complexity index is 713. The minimum atomic E-state index is -0.430. The Balaban J connectivity index is 2.74. The zero-order valence-electron chi connectivity index (χ0n) is 10.4. The predicted molar refractivity (Wildman–Crippen MR) is 77.8 cm³/mol. The molecule has 2 aromatic rings. The van der Waals surface area contributed by atoms with Crippen LogP contribution in [-0.2, 0) is 0 Å². The number of aldehydes is 1.